The molecule has 0 bridgehead atoms. The van der Waals surface area contributed by atoms with Crippen LogP contribution in [-0.4, -0.2) is 49.9 Å². The molecule has 48 heavy (non-hydrogen) atoms. The minimum Gasteiger partial charge on any atom is -0.494 e. The van der Waals surface area contributed by atoms with Gasteiger partial charge in [-0.2, -0.15) is 0 Å². The van der Waals surface area contributed by atoms with E-state index in [9.17, 15) is 22.4 Å². The number of nitrogens with zero attached hydrogens (tertiary/aromatic N) is 2. The van der Waals surface area contributed by atoms with Crippen LogP contribution in [0.15, 0.2) is 102 Å². The van der Waals surface area contributed by atoms with Crippen molar-refractivity contribution in [3.05, 3.63) is 124 Å². The van der Waals surface area contributed by atoms with Crippen LogP contribution >= 0.6 is 23.2 Å². The fourth-order valence-electron chi connectivity index (χ4n) is 4.98. The predicted molar refractivity (Wildman–Crippen MR) is 187 cm³/mol. The Morgan fingerprint density at radius 3 is 2.15 bits per heavy atom. The van der Waals surface area contributed by atoms with Gasteiger partial charge in [0, 0.05) is 28.5 Å². The minimum atomic E-state index is -4.38. The standard InChI is InChI=1S/C36H38Cl2FN3O5S/c1-5-47-30-17-19-31(20-18-30)48(45,46)42(29-15-13-28(39)14-16-29)24-34(43)41(23-26-11-12-27(37)22-32(26)38)33(35(44)40-36(2,3)4)21-25-9-7-6-8-10-25/h6-20,22,33H,5,21,23-24H2,1-4H3,(H,40,44)/t33-/m1/s1. The molecule has 0 spiro atoms. The Bertz CT molecular complexity index is 1820. The lowest BCUT2D eigenvalue weighted by atomic mass is 10.0. The van der Waals surface area contributed by atoms with Gasteiger partial charge >= 0.3 is 0 Å². The van der Waals surface area contributed by atoms with E-state index in [0.29, 0.717) is 22.9 Å². The Kier molecular flexibility index (Phi) is 12.1. The van der Waals surface area contributed by atoms with Crippen LogP contribution in [0.3, 0.4) is 0 Å². The molecule has 254 valence electrons. The van der Waals surface area contributed by atoms with Gasteiger partial charge in [-0.25, -0.2) is 12.8 Å². The molecule has 8 nitrogen and oxygen atoms in total. The molecule has 4 rings (SSSR count). The van der Waals surface area contributed by atoms with Gasteiger partial charge in [0.25, 0.3) is 10.0 Å². The van der Waals surface area contributed by atoms with Crippen LogP contribution in [0.5, 0.6) is 5.75 Å². The van der Waals surface area contributed by atoms with Gasteiger partial charge < -0.3 is 15.0 Å². The number of benzene rings is 4. The molecule has 2 amide bonds. The highest BCUT2D eigenvalue weighted by molar-refractivity contribution is 7.92. The average Bonchev–Trinajstić information content (AvgIpc) is 3.03. The molecule has 0 aromatic heterocycles. The first-order valence-electron chi connectivity index (χ1n) is 15.3. The third kappa shape index (κ3) is 9.71. The number of hydrogen-bond donors (Lipinski definition) is 1. The van der Waals surface area contributed by atoms with Crippen LogP contribution in [0.25, 0.3) is 0 Å². The first kappa shape index (κ1) is 36.7. The van der Waals surface area contributed by atoms with E-state index in [1.165, 1.54) is 47.4 Å². The average molecular weight is 715 g/mol. The lowest BCUT2D eigenvalue weighted by molar-refractivity contribution is -0.140. The number of amides is 2. The van der Waals surface area contributed by atoms with Crippen molar-refractivity contribution < 1.29 is 27.1 Å². The Labute approximate surface area is 291 Å². The van der Waals surface area contributed by atoms with Crippen LogP contribution < -0.4 is 14.4 Å². The number of hydrogen-bond acceptors (Lipinski definition) is 5. The highest BCUT2D eigenvalue weighted by atomic mass is 35.5. The number of carbonyl (C=O) groups excluding carboxylic acids is 2. The fourth-order valence-corrected chi connectivity index (χ4v) is 6.86. The summed E-state index contributed by atoms with van der Waals surface area (Å²) in [6, 6.07) is 23.5. The van der Waals surface area contributed by atoms with Crippen molar-refractivity contribution in [3.8, 4) is 5.75 Å². The molecule has 0 unspecified atom stereocenters. The largest absolute Gasteiger partial charge is 0.494 e. The summed E-state index contributed by atoms with van der Waals surface area (Å²) in [5.41, 5.74) is 0.694. The van der Waals surface area contributed by atoms with Crippen molar-refractivity contribution in [1.82, 2.24) is 10.2 Å². The first-order chi connectivity index (χ1) is 22.7. The van der Waals surface area contributed by atoms with Gasteiger partial charge in [0.15, 0.2) is 0 Å². The molecule has 0 aliphatic carbocycles. The van der Waals surface area contributed by atoms with Gasteiger partial charge in [0.2, 0.25) is 11.8 Å². The SMILES string of the molecule is CCOc1ccc(S(=O)(=O)N(CC(=O)N(Cc2ccc(Cl)cc2Cl)[C@H](Cc2ccccc2)C(=O)NC(C)(C)C)c2ccc(F)cc2)cc1. The number of carbonyl (C=O) groups is 2. The summed E-state index contributed by atoms with van der Waals surface area (Å²) in [7, 11) is -4.38. The number of ether oxygens (including phenoxy) is 1. The van der Waals surface area contributed by atoms with E-state index in [-0.39, 0.29) is 28.6 Å². The number of nitrogens with one attached hydrogen (secondary N) is 1. The molecule has 12 heteroatoms. The van der Waals surface area contributed by atoms with Crippen molar-refractivity contribution in [2.45, 2.75) is 57.1 Å². The van der Waals surface area contributed by atoms with E-state index in [4.69, 9.17) is 27.9 Å². The van der Waals surface area contributed by atoms with Crippen molar-refractivity contribution in [3.63, 3.8) is 0 Å². The molecule has 0 aliphatic rings. The summed E-state index contributed by atoms with van der Waals surface area (Å²) in [5.74, 6) is -1.23. The maximum atomic E-state index is 14.6. The second kappa shape index (κ2) is 15.9. The Morgan fingerprint density at radius 1 is 0.917 bits per heavy atom. The highest BCUT2D eigenvalue weighted by Gasteiger charge is 2.36. The van der Waals surface area contributed by atoms with E-state index in [1.807, 2.05) is 58.0 Å². The van der Waals surface area contributed by atoms with Crippen LogP contribution in [0.4, 0.5) is 10.1 Å². The zero-order valence-electron chi connectivity index (χ0n) is 27.1. The lowest BCUT2D eigenvalue weighted by Crippen LogP contribution is -2.56. The molecule has 1 atom stereocenters. The van der Waals surface area contributed by atoms with Crippen LogP contribution in [0.1, 0.15) is 38.8 Å². The second-order valence-corrected chi connectivity index (χ2v) is 14.8. The van der Waals surface area contributed by atoms with E-state index >= 15 is 0 Å². The molecule has 0 saturated heterocycles. The molecule has 4 aromatic carbocycles. The molecular formula is C36H38Cl2FN3O5S. The molecule has 4 aromatic rings. The van der Waals surface area contributed by atoms with Crippen LogP contribution in [0, 0.1) is 5.82 Å². The smallest absolute Gasteiger partial charge is 0.264 e. The summed E-state index contributed by atoms with van der Waals surface area (Å²) in [6.07, 6.45) is 0.127. The van der Waals surface area contributed by atoms with Gasteiger partial charge in [-0.3, -0.25) is 13.9 Å². The quantitative estimate of drug-likeness (QED) is 0.157. The summed E-state index contributed by atoms with van der Waals surface area (Å²) in [4.78, 5) is 29.8. The molecular weight excluding hydrogens is 676 g/mol. The van der Waals surface area contributed by atoms with Gasteiger partial charge in [0.1, 0.15) is 24.2 Å². The molecule has 0 saturated carbocycles. The molecule has 1 N–H and O–H groups in total. The van der Waals surface area contributed by atoms with E-state index in [2.05, 4.69) is 5.32 Å². The fraction of sp³-hybridized carbons (Fsp3) is 0.278. The topological polar surface area (TPSA) is 96.0 Å². The first-order valence-corrected chi connectivity index (χ1v) is 17.5. The Hall–Kier alpha value is -4.12. The van der Waals surface area contributed by atoms with E-state index in [1.54, 1.807) is 12.1 Å². The zero-order valence-corrected chi connectivity index (χ0v) is 29.4. The highest BCUT2D eigenvalue weighted by Crippen LogP contribution is 2.28. The molecule has 0 aliphatic heterocycles. The van der Waals surface area contributed by atoms with E-state index < -0.39 is 45.8 Å². The number of halogens is 3. The van der Waals surface area contributed by atoms with Crippen LogP contribution in [0.2, 0.25) is 10.0 Å². The third-order valence-corrected chi connectivity index (χ3v) is 9.62. The maximum Gasteiger partial charge on any atom is 0.264 e. The van der Waals surface area contributed by atoms with Crippen LogP contribution in [-0.2, 0) is 32.6 Å². The van der Waals surface area contributed by atoms with Crippen molar-refractivity contribution in [2.75, 3.05) is 17.5 Å². The zero-order chi connectivity index (χ0) is 35.1. The summed E-state index contributed by atoms with van der Waals surface area (Å²) < 4.78 is 48.7. The minimum absolute atomic E-state index is 0.0573. The monoisotopic (exact) mass is 713 g/mol. The molecule has 0 fully saturated rings. The predicted octanol–water partition coefficient (Wildman–Crippen LogP) is 7.28. The third-order valence-electron chi connectivity index (χ3n) is 7.24. The summed E-state index contributed by atoms with van der Waals surface area (Å²) >= 11 is 12.7. The van der Waals surface area contributed by atoms with Gasteiger partial charge in [-0.1, -0.05) is 59.6 Å². The number of sulfonamides is 1. The normalized spacial score (nSPS) is 12.2. The Morgan fingerprint density at radius 2 is 1.56 bits per heavy atom. The molecule has 0 radical (unpaired) electrons. The van der Waals surface area contributed by atoms with Gasteiger partial charge in [-0.15, -0.1) is 0 Å². The summed E-state index contributed by atoms with van der Waals surface area (Å²) in [6.45, 7) is 6.83. The van der Waals surface area contributed by atoms with Crippen molar-refractivity contribution in [2.24, 2.45) is 0 Å². The second-order valence-electron chi connectivity index (χ2n) is 12.1. The molecule has 0 heterocycles. The maximum absolute atomic E-state index is 14.6. The number of anilines is 1. The van der Waals surface area contributed by atoms with Crippen molar-refractivity contribution >= 4 is 50.7 Å². The van der Waals surface area contributed by atoms with Gasteiger partial charge in [0.05, 0.1) is 17.2 Å². The van der Waals surface area contributed by atoms with Crippen molar-refractivity contribution in [1.29, 1.82) is 0 Å². The summed E-state index contributed by atoms with van der Waals surface area (Å²) in [5, 5.41) is 3.63. The van der Waals surface area contributed by atoms with E-state index in [0.717, 1.165) is 22.0 Å². The number of rotatable bonds is 13. The Balaban J connectivity index is 1.82. The lowest BCUT2D eigenvalue weighted by Gasteiger charge is -2.35. The van der Waals surface area contributed by atoms with Gasteiger partial charge in [-0.05, 0) is 99.5 Å².